The number of amides is 2. The molecule has 2 amide bonds. The Morgan fingerprint density at radius 1 is 0.938 bits per heavy atom. The van der Waals surface area contributed by atoms with Crippen molar-refractivity contribution >= 4 is 12.0 Å². The molecule has 0 N–H and O–H groups in total. The Morgan fingerprint density at radius 3 is 2.25 bits per heavy atom. The Balaban J connectivity index is 1.76. The van der Waals surface area contributed by atoms with Gasteiger partial charge in [0.2, 0.25) is 5.91 Å². The summed E-state index contributed by atoms with van der Waals surface area (Å²) < 4.78 is 5.32. The largest absolute Gasteiger partial charge is 0.447 e. The van der Waals surface area contributed by atoms with E-state index in [0.29, 0.717) is 12.8 Å². The molecule has 0 radical (unpaired) electrons. The highest BCUT2D eigenvalue weighted by Gasteiger charge is 2.40. The topological polar surface area (TPSA) is 46.6 Å². The van der Waals surface area contributed by atoms with Gasteiger partial charge in [-0.2, -0.15) is 0 Å². The lowest BCUT2D eigenvalue weighted by Crippen LogP contribution is -2.43. The van der Waals surface area contributed by atoms with Crippen LogP contribution < -0.4 is 0 Å². The zero-order valence-electron chi connectivity index (χ0n) is 19.8. The minimum atomic E-state index is -0.496. The number of imide groups is 1. The highest BCUT2D eigenvalue weighted by Crippen LogP contribution is 2.26. The van der Waals surface area contributed by atoms with E-state index < -0.39 is 6.09 Å². The Kier molecular flexibility index (Phi) is 8.90. The van der Waals surface area contributed by atoms with E-state index in [1.165, 1.54) is 21.6 Å². The number of hydrogen-bond acceptors (Lipinski definition) is 3. The molecule has 0 bridgehead atoms. The smallest absolute Gasteiger partial charge is 0.416 e. The first-order chi connectivity index (χ1) is 15.4. The van der Waals surface area contributed by atoms with Crippen molar-refractivity contribution in [2.45, 2.75) is 78.2 Å². The SMILES string of the molecule is C/C1=C\CC/C(C)=C/CC(C(=O)N2C(=O)OC[C@H]2Cc2ccccc2)CC/C(C)=C/CC1. The molecule has 0 saturated carbocycles. The number of ether oxygens (including phenoxy) is 1. The van der Waals surface area contributed by atoms with E-state index in [-0.39, 0.29) is 24.5 Å². The van der Waals surface area contributed by atoms with Crippen molar-refractivity contribution in [3.8, 4) is 0 Å². The van der Waals surface area contributed by atoms with Crippen LogP contribution in [-0.4, -0.2) is 29.5 Å². The van der Waals surface area contributed by atoms with E-state index in [2.05, 4.69) is 39.0 Å². The molecule has 1 aliphatic carbocycles. The van der Waals surface area contributed by atoms with Crippen molar-refractivity contribution in [1.82, 2.24) is 4.90 Å². The molecule has 1 aromatic rings. The van der Waals surface area contributed by atoms with Gasteiger partial charge < -0.3 is 4.74 Å². The lowest BCUT2D eigenvalue weighted by Gasteiger charge is -2.25. The molecule has 1 unspecified atom stereocenters. The molecule has 3 rings (SSSR count). The number of rotatable bonds is 3. The summed E-state index contributed by atoms with van der Waals surface area (Å²) in [5.74, 6) is -0.300. The molecule has 1 heterocycles. The first kappa shape index (κ1) is 24.0. The zero-order chi connectivity index (χ0) is 22.9. The van der Waals surface area contributed by atoms with Crippen LogP contribution in [0.3, 0.4) is 0 Å². The fraction of sp³-hybridized carbons (Fsp3) is 0.500. The van der Waals surface area contributed by atoms with Crippen LogP contribution in [0.4, 0.5) is 4.79 Å². The standard InChI is InChI=1S/C28H37NO3/c1-21-9-7-11-22(2)15-17-25(18-16-23(3)12-8-10-21)27(30)29-26(20-32-28(29)31)19-24-13-5-4-6-14-24/h4-6,9,12-15,25-26H,7-8,10-11,16-20H2,1-3H3/b21-9+,22-15+,23-12+/t25?,26-/m1/s1. The second kappa shape index (κ2) is 11.8. The molecular weight excluding hydrogens is 398 g/mol. The average Bonchev–Trinajstić information content (AvgIpc) is 3.13. The number of carbonyl (C=O) groups excluding carboxylic acids is 2. The number of allylic oxidation sites excluding steroid dienone is 6. The van der Waals surface area contributed by atoms with Gasteiger partial charge in [-0.05, 0) is 77.7 Å². The normalized spacial score (nSPS) is 28.4. The van der Waals surface area contributed by atoms with Gasteiger partial charge in [0.15, 0.2) is 0 Å². The summed E-state index contributed by atoms with van der Waals surface area (Å²) in [6, 6.07) is 9.76. The zero-order valence-corrected chi connectivity index (χ0v) is 19.8. The van der Waals surface area contributed by atoms with Crippen molar-refractivity contribution in [2.24, 2.45) is 5.92 Å². The van der Waals surface area contributed by atoms with Crippen molar-refractivity contribution in [2.75, 3.05) is 6.61 Å². The molecule has 172 valence electrons. The van der Waals surface area contributed by atoms with E-state index in [9.17, 15) is 9.59 Å². The maximum absolute atomic E-state index is 13.6. The second-order valence-electron chi connectivity index (χ2n) is 9.33. The monoisotopic (exact) mass is 435 g/mol. The Hall–Kier alpha value is -2.62. The van der Waals surface area contributed by atoms with Gasteiger partial charge in [0, 0.05) is 5.92 Å². The van der Waals surface area contributed by atoms with Crippen molar-refractivity contribution < 1.29 is 14.3 Å². The van der Waals surface area contributed by atoms with Crippen LogP contribution in [0.25, 0.3) is 0 Å². The Labute approximate surface area is 193 Å². The van der Waals surface area contributed by atoms with Crippen LogP contribution in [0.15, 0.2) is 65.3 Å². The summed E-state index contributed by atoms with van der Waals surface area (Å²) in [6.45, 7) is 6.77. The molecule has 1 aliphatic heterocycles. The molecule has 4 heteroatoms. The predicted octanol–water partition coefficient (Wildman–Crippen LogP) is 6.78. The number of carbonyl (C=O) groups is 2. The van der Waals surface area contributed by atoms with Gasteiger partial charge in [0.05, 0.1) is 6.04 Å². The van der Waals surface area contributed by atoms with Gasteiger partial charge in [-0.15, -0.1) is 0 Å². The van der Waals surface area contributed by atoms with Gasteiger partial charge >= 0.3 is 6.09 Å². The summed E-state index contributed by atoms with van der Waals surface area (Å²) >= 11 is 0. The Bertz CT molecular complexity index is 881. The lowest BCUT2D eigenvalue weighted by atomic mass is 9.92. The fourth-order valence-electron chi connectivity index (χ4n) is 4.45. The summed E-state index contributed by atoms with van der Waals surface area (Å²) in [6.07, 6.45) is 13.4. The van der Waals surface area contributed by atoms with E-state index in [1.807, 2.05) is 30.3 Å². The Morgan fingerprint density at radius 2 is 1.56 bits per heavy atom. The van der Waals surface area contributed by atoms with Gasteiger partial charge in [-0.1, -0.05) is 65.3 Å². The fourth-order valence-corrected chi connectivity index (χ4v) is 4.45. The summed E-state index contributed by atoms with van der Waals surface area (Å²) in [4.78, 5) is 27.5. The summed E-state index contributed by atoms with van der Waals surface area (Å²) in [7, 11) is 0. The molecule has 32 heavy (non-hydrogen) atoms. The number of benzene rings is 1. The van der Waals surface area contributed by atoms with Crippen LogP contribution in [0.1, 0.15) is 71.3 Å². The summed E-state index contributed by atoms with van der Waals surface area (Å²) in [5.41, 5.74) is 5.18. The van der Waals surface area contributed by atoms with Crippen LogP contribution in [0, 0.1) is 5.92 Å². The molecule has 2 atom stereocenters. The molecule has 4 nitrogen and oxygen atoms in total. The third kappa shape index (κ3) is 6.94. The molecule has 2 aliphatic rings. The van der Waals surface area contributed by atoms with Crippen LogP contribution in [0.5, 0.6) is 0 Å². The van der Waals surface area contributed by atoms with E-state index in [0.717, 1.165) is 44.1 Å². The highest BCUT2D eigenvalue weighted by atomic mass is 16.6. The predicted molar refractivity (Wildman–Crippen MR) is 129 cm³/mol. The van der Waals surface area contributed by atoms with Gasteiger partial charge in [0.1, 0.15) is 6.61 Å². The maximum Gasteiger partial charge on any atom is 0.416 e. The lowest BCUT2D eigenvalue weighted by molar-refractivity contribution is -0.133. The third-order valence-electron chi connectivity index (χ3n) is 6.56. The van der Waals surface area contributed by atoms with E-state index in [1.54, 1.807) is 0 Å². The highest BCUT2D eigenvalue weighted by molar-refractivity contribution is 5.95. The molecular formula is C28H37NO3. The maximum atomic E-state index is 13.6. The molecule has 1 fully saturated rings. The third-order valence-corrected chi connectivity index (χ3v) is 6.56. The van der Waals surface area contributed by atoms with Gasteiger partial charge in [-0.25, -0.2) is 9.69 Å². The van der Waals surface area contributed by atoms with Gasteiger partial charge in [-0.3, -0.25) is 4.79 Å². The van der Waals surface area contributed by atoms with E-state index in [4.69, 9.17) is 4.74 Å². The first-order valence-corrected chi connectivity index (χ1v) is 11.9. The molecule has 1 aromatic carbocycles. The van der Waals surface area contributed by atoms with Crippen molar-refractivity contribution in [1.29, 1.82) is 0 Å². The molecule has 0 spiro atoms. The average molecular weight is 436 g/mol. The minimum Gasteiger partial charge on any atom is -0.447 e. The number of hydrogen-bond donors (Lipinski definition) is 0. The van der Waals surface area contributed by atoms with Crippen molar-refractivity contribution in [3.05, 3.63) is 70.8 Å². The number of cyclic esters (lactones) is 1. The first-order valence-electron chi connectivity index (χ1n) is 11.9. The summed E-state index contributed by atoms with van der Waals surface area (Å²) in [5, 5.41) is 0. The van der Waals surface area contributed by atoms with Crippen LogP contribution in [0.2, 0.25) is 0 Å². The van der Waals surface area contributed by atoms with Crippen molar-refractivity contribution in [3.63, 3.8) is 0 Å². The molecule has 0 aromatic heterocycles. The minimum absolute atomic E-state index is 0.0897. The quantitative estimate of drug-likeness (QED) is 0.492. The van der Waals surface area contributed by atoms with Gasteiger partial charge in [0.25, 0.3) is 0 Å². The molecule has 1 saturated heterocycles. The van der Waals surface area contributed by atoms with Crippen LogP contribution in [-0.2, 0) is 16.0 Å². The number of nitrogens with zero attached hydrogens (tertiary/aromatic N) is 1. The van der Waals surface area contributed by atoms with Crippen LogP contribution >= 0.6 is 0 Å². The van der Waals surface area contributed by atoms with E-state index >= 15 is 0 Å². The second-order valence-corrected chi connectivity index (χ2v) is 9.33.